The SMILES string of the molecule is CCCCNC(=O)c1ccccc1NC(=O)[C@H](C)Sc1ccc(C)cc1. The van der Waals surface area contributed by atoms with E-state index >= 15 is 0 Å². The van der Waals surface area contributed by atoms with Crippen LogP contribution in [0.2, 0.25) is 0 Å². The molecule has 0 fully saturated rings. The molecule has 0 saturated carbocycles. The second kappa shape index (κ2) is 10.0. The second-order valence-corrected chi connectivity index (χ2v) is 7.63. The van der Waals surface area contributed by atoms with Crippen LogP contribution in [0.1, 0.15) is 42.6 Å². The summed E-state index contributed by atoms with van der Waals surface area (Å²) in [6.07, 6.45) is 1.96. The van der Waals surface area contributed by atoms with Gasteiger partial charge in [-0.2, -0.15) is 0 Å². The first-order valence-electron chi connectivity index (χ1n) is 8.92. The zero-order valence-corrected chi connectivity index (χ0v) is 16.4. The molecular weight excluding hydrogens is 344 g/mol. The normalized spacial score (nSPS) is 11.7. The number of unbranched alkanes of at least 4 members (excludes halogenated alkanes) is 1. The third-order valence-electron chi connectivity index (χ3n) is 3.95. The van der Waals surface area contributed by atoms with E-state index in [-0.39, 0.29) is 17.1 Å². The van der Waals surface area contributed by atoms with Gasteiger partial charge in [0.05, 0.1) is 16.5 Å². The number of hydrogen-bond acceptors (Lipinski definition) is 3. The Hall–Kier alpha value is -2.27. The van der Waals surface area contributed by atoms with Crippen LogP contribution in [0.3, 0.4) is 0 Å². The first kappa shape index (κ1) is 20.0. The number of carbonyl (C=O) groups is 2. The highest BCUT2D eigenvalue weighted by Crippen LogP contribution is 2.25. The lowest BCUT2D eigenvalue weighted by Gasteiger charge is -2.15. The summed E-state index contributed by atoms with van der Waals surface area (Å²) in [6.45, 7) is 6.61. The van der Waals surface area contributed by atoms with Crippen LogP contribution in [-0.2, 0) is 4.79 Å². The van der Waals surface area contributed by atoms with Gasteiger partial charge in [-0.1, -0.05) is 43.2 Å². The third-order valence-corrected chi connectivity index (χ3v) is 5.06. The summed E-state index contributed by atoms with van der Waals surface area (Å²) < 4.78 is 0. The van der Waals surface area contributed by atoms with Gasteiger partial charge in [0.1, 0.15) is 0 Å². The molecule has 0 bridgehead atoms. The smallest absolute Gasteiger partial charge is 0.253 e. The third kappa shape index (κ3) is 5.92. The zero-order valence-electron chi connectivity index (χ0n) is 15.5. The van der Waals surface area contributed by atoms with E-state index in [9.17, 15) is 9.59 Å². The number of anilines is 1. The van der Waals surface area contributed by atoms with Gasteiger partial charge in [0.2, 0.25) is 5.91 Å². The molecular formula is C21H26N2O2S. The van der Waals surface area contributed by atoms with Gasteiger partial charge in [0.25, 0.3) is 5.91 Å². The van der Waals surface area contributed by atoms with Crippen molar-refractivity contribution < 1.29 is 9.59 Å². The minimum atomic E-state index is -0.270. The molecule has 0 heterocycles. The molecule has 26 heavy (non-hydrogen) atoms. The van der Waals surface area contributed by atoms with Gasteiger partial charge in [-0.05, 0) is 44.5 Å². The van der Waals surface area contributed by atoms with Crippen molar-refractivity contribution in [2.24, 2.45) is 0 Å². The number of rotatable bonds is 8. The number of thioether (sulfide) groups is 1. The Balaban J connectivity index is 2.01. The molecule has 5 heteroatoms. The Morgan fingerprint density at radius 2 is 1.77 bits per heavy atom. The molecule has 1 atom stereocenters. The van der Waals surface area contributed by atoms with Gasteiger partial charge >= 0.3 is 0 Å². The van der Waals surface area contributed by atoms with Crippen LogP contribution in [0, 0.1) is 6.92 Å². The highest BCUT2D eigenvalue weighted by atomic mass is 32.2. The molecule has 2 aromatic rings. The van der Waals surface area contributed by atoms with Crippen LogP contribution in [0.25, 0.3) is 0 Å². The van der Waals surface area contributed by atoms with Crippen LogP contribution in [-0.4, -0.2) is 23.6 Å². The van der Waals surface area contributed by atoms with Crippen molar-refractivity contribution in [1.29, 1.82) is 0 Å². The largest absolute Gasteiger partial charge is 0.352 e. The average Bonchev–Trinajstić information content (AvgIpc) is 2.64. The highest BCUT2D eigenvalue weighted by molar-refractivity contribution is 8.00. The predicted octanol–water partition coefficient (Wildman–Crippen LogP) is 4.64. The molecule has 2 N–H and O–H groups in total. The van der Waals surface area contributed by atoms with Gasteiger partial charge in [-0.3, -0.25) is 9.59 Å². The fourth-order valence-corrected chi connectivity index (χ4v) is 3.24. The van der Waals surface area contributed by atoms with Gasteiger partial charge in [-0.25, -0.2) is 0 Å². The van der Waals surface area contributed by atoms with E-state index in [1.165, 1.54) is 17.3 Å². The van der Waals surface area contributed by atoms with E-state index in [0.717, 1.165) is 17.7 Å². The molecule has 0 unspecified atom stereocenters. The maximum absolute atomic E-state index is 12.6. The first-order chi connectivity index (χ1) is 12.5. The Morgan fingerprint density at radius 1 is 1.08 bits per heavy atom. The molecule has 2 amide bonds. The number of hydrogen-bond donors (Lipinski definition) is 2. The molecule has 4 nitrogen and oxygen atoms in total. The van der Waals surface area contributed by atoms with E-state index in [0.29, 0.717) is 17.8 Å². The van der Waals surface area contributed by atoms with E-state index in [1.807, 2.05) is 44.2 Å². The molecule has 0 aliphatic rings. The van der Waals surface area contributed by atoms with Crippen LogP contribution in [0.15, 0.2) is 53.4 Å². The van der Waals surface area contributed by atoms with Gasteiger partial charge in [-0.15, -0.1) is 11.8 Å². The standard InChI is InChI=1S/C21H26N2O2S/c1-4-5-14-22-21(25)18-8-6-7-9-19(18)23-20(24)16(3)26-17-12-10-15(2)11-13-17/h6-13,16H,4-5,14H2,1-3H3,(H,22,25)(H,23,24)/t16-/m0/s1. The summed E-state index contributed by atoms with van der Waals surface area (Å²) in [4.78, 5) is 25.9. The maximum Gasteiger partial charge on any atom is 0.253 e. The number of aryl methyl sites for hydroxylation is 1. The van der Waals surface area contributed by atoms with Crippen molar-refractivity contribution in [2.75, 3.05) is 11.9 Å². The van der Waals surface area contributed by atoms with E-state index in [1.54, 1.807) is 18.2 Å². The molecule has 0 radical (unpaired) electrons. The van der Waals surface area contributed by atoms with Crippen molar-refractivity contribution in [3.05, 3.63) is 59.7 Å². The van der Waals surface area contributed by atoms with Crippen molar-refractivity contribution in [3.63, 3.8) is 0 Å². The maximum atomic E-state index is 12.6. The van der Waals surface area contributed by atoms with Crippen molar-refractivity contribution in [3.8, 4) is 0 Å². The first-order valence-corrected chi connectivity index (χ1v) is 9.80. The summed E-state index contributed by atoms with van der Waals surface area (Å²) in [7, 11) is 0. The zero-order chi connectivity index (χ0) is 18.9. The topological polar surface area (TPSA) is 58.2 Å². The summed E-state index contributed by atoms with van der Waals surface area (Å²) in [6, 6.07) is 15.2. The lowest BCUT2D eigenvalue weighted by molar-refractivity contribution is -0.115. The number of nitrogens with one attached hydrogen (secondary N) is 2. The van der Waals surface area contributed by atoms with Crippen LogP contribution in [0.5, 0.6) is 0 Å². The van der Waals surface area contributed by atoms with E-state index in [2.05, 4.69) is 17.6 Å². The monoisotopic (exact) mass is 370 g/mol. The second-order valence-electron chi connectivity index (χ2n) is 6.22. The molecule has 0 aliphatic carbocycles. The molecule has 0 aromatic heterocycles. The van der Waals surface area contributed by atoms with E-state index < -0.39 is 0 Å². The lowest BCUT2D eigenvalue weighted by atomic mass is 10.1. The number of amides is 2. The highest BCUT2D eigenvalue weighted by Gasteiger charge is 2.18. The summed E-state index contributed by atoms with van der Waals surface area (Å²) in [5.74, 6) is -0.280. The lowest BCUT2D eigenvalue weighted by Crippen LogP contribution is -2.28. The Kier molecular flexibility index (Phi) is 7.73. The van der Waals surface area contributed by atoms with Crippen molar-refractivity contribution >= 4 is 29.3 Å². The summed E-state index contributed by atoms with van der Waals surface area (Å²) in [5.41, 5.74) is 2.22. The molecule has 138 valence electrons. The minimum Gasteiger partial charge on any atom is -0.352 e. The molecule has 0 saturated heterocycles. The fraction of sp³-hybridized carbons (Fsp3) is 0.333. The minimum absolute atomic E-state index is 0.121. The molecule has 2 aromatic carbocycles. The van der Waals surface area contributed by atoms with Crippen LogP contribution >= 0.6 is 11.8 Å². The van der Waals surface area contributed by atoms with Gasteiger partial charge in [0, 0.05) is 11.4 Å². The van der Waals surface area contributed by atoms with Gasteiger partial charge in [0.15, 0.2) is 0 Å². The van der Waals surface area contributed by atoms with Crippen LogP contribution in [0.4, 0.5) is 5.69 Å². The number of para-hydroxylation sites is 1. The number of carbonyl (C=O) groups excluding carboxylic acids is 2. The van der Waals surface area contributed by atoms with Crippen molar-refractivity contribution in [1.82, 2.24) is 5.32 Å². The number of benzene rings is 2. The Bertz CT molecular complexity index is 744. The molecule has 0 spiro atoms. The quantitative estimate of drug-likeness (QED) is 0.525. The average molecular weight is 371 g/mol. The molecule has 2 rings (SSSR count). The Morgan fingerprint density at radius 3 is 2.46 bits per heavy atom. The van der Waals surface area contributed by atoms with Gasteiger partial charge < -0.3 is 10.6 Å². The Labute approximate surface area is 159 Å². The molecule has 0 aliphatic heterocycles. The predicted molar refractivity (Wildman–Crippen MR) is 109 cm³/mol. The van der Waals surface area contributed by atoms with E-state index in [4.69, 9.17) is 0 Å². The van der Waals surface area contributed by atoms with Crippen LogP contribution < -0.4 is 10.6 Å². The fourth-order valence-electron chi connectivity index (χ4n) is 2.37. The van der Waals surface area contributed by atoms with Crippen molar-refractivity contribution in [2.45, 2.75) is 43.8 Å². The summed E-state index contributed by atoms with van der Waals surface area (Å²) in [5, 5.41) is 5.52. The summed E-state index contributed by atoms with van der Waals surface area (Å²) >= 11 is 1.50.